The van der Waals surface area contributed by atoms with E-state index >= 15 is 0 Å². The zero-order chi connectivity index (χ0) is 20.3. The van der Waals surface area contributed by atoms with Gasteiger partial charge >= 0.3 is 7.60 Å². The quantitative estimate of drug-likeness (QED) is 0.472. The van der Waals surface area contributed by atoms with Gasteiger partial charge in [0.05, 0.1) is 42.2 Å². The largest absolute Gasteiger partial charge is 0.399 e. The highest BCUT2D eigenvalue weighted by Gasteiger charge is 2.25. The second-order valence-electron chi connectivity index (χ2n) is 6.07. The molecule has 148 valence electrons. The van der Waals surface area contributed by atoms with Crippen molar-refractivity contribution in [1.82, 2.24) is 19.5 Å². The summed E-state index contributed by atoms with van der Waals surface area (Å²) >= 11 is 0. The molecule has 0 unspecified atom stereocenters. The molecule has 0 saturated heterocycles. The van der Waals surface area contributed by atoms with Crippen molar-refractivity contribution in [2.24, 2.45) is 7.05 Å². The van der Waals surface area contributed by atoms with Crippen LogP contribution in [0.5, 0.6) is 0 Å². The summed E-state index contributed by atoms with van der Waals surface area (Å²) in [5, 5.41) is 0.435. The van der Waals surface area contributed by atoms with Gasteiger partial charge in [0.15, 0.2) is 5.82 Å². The molecule has 0 fully saturated rings. The van der Waals surface area contributed by atoms with Crippen molar-refractivity contribution in [2.75, 3.05) is 18.9 Å². The van der Waals surface area contributed by atoms with E-state index in [1.807, 2.05) is 0 Å². The molecule has 3 rings (SSSR count). The van der Waals surface area contributed by atoms with Crippen LogP contribution in [-0.2, 0) is 26.8 Å². The van der Waals surface area contributed by atoms with Gasteiger partial charge in [-0.25, -0.2) is 9.97 Å². The molecule has 0 aliphatic carbocycles. The van der Waals surface area contributed by atoms with Crippen LogP contribution in [-0.4, -0.2) is 32.7 Å². The van der Waals surface area contributed by atoms with E-state index in [9.17, 15) is 9.36 Å². The molecule has 0 saturated carbocycles. The van der Waals surface area contributed by atoms with Gasteiger partial charge < -0.3 is 14.8 Å². The van der Waals surface area contributed by atoms with Gasteiger partial charge in [-0.05, 0) is 32.0 Å². The van der Waals surface area contributed by atoms with Crippen LogP contribution in [0, 0.1) is 0 Å². The molecule has 2 aromatic heterocycles. The molecule has 0 aliphatic rings. The first-order valence-corrected chi connectivity index (χ1v) is 10.6. The summed E-state index contributed by atoms with van der Waals surface area (Å²) in [7, 11) is -1.66. The maximum Gasteiger partial charge on any atom is 0.336 e. The van der Waals surface area contributed by atoms with E-state index in [1.54, 1.807) is 39.1 Å². The Hall–Kier alpha value is -2.61. The predicted octanol–water partition coefficient (Wildman–Crippen LogP) is 2.74. The second kappa shape index (κ2) is 8.18. The van der Waals surface area contributed by atoms with Gasteiger partial charge in [0.2, 0.25) is 0 Å². The lowest BCUT2D eigenvalue weighted by Crippen LogP contribution is -2.20. The maximum atomic E-state index is 12.6. The van der Waals surface area contributed by atoms with E-state index in [-0.39, 0.29) is 24.9 Å². The maximum absolute atomic E-state index is 12.6. The van der Waals surface area contributed by atoms with Gasteiger partial charge in [-0.3, -0.25) is 18.9 Å². The lowest BCUT2D eigenvalue weighted by molar-refractivity contribution is 0.219. The lowest BCUT2D eigenvalue weighted by atomic mass is 10.2. The minimum absolute atomic E-state index is 0.0192. The molecule has 0 atom stereocenters. The number of nitrogens with two attached hydrogens (primary N) is 1. The fourth-order valence-electron chi connectivity index (χ4n) is 2.79. The highest BCUT2D eigenvalue weighted by molar-refractivity contribution is 7.53. The molecule has 10 heteroatoms. The summed E-state index contributed by atoms with van der Waals surface area (Å²) in [5.41, 5.74) is 7.44. The average molecular weight is 403 g/mol. The van der Waals surface area contributed by atoms with Crippen LogP contribution in [0.15, 0.2) is 35.4 Å². The fourth-order valence-corrected chi connectivity index (χ4v) is 4.39. The molecule has 2 heterocycles. The fraction of sp³-hybridized carbons (Fsp3) is 0.333. The Labute approximate surface area is 162 Å². The lowest BCUT2D eigenvalue weighted by Gasteiger charge is -2.16. The standard InChI is InChI=1S/C18H22N5O4P/c1-4-26-28(25,27-5-2)11-13-9-21-16(10-20-13)17-22-15-7-6-12(19)8-14(15)18(24)23(17)3/h6-10H,4-5,11,19H2,1-3H3. The number of nitrogens with zero attached hydrogens (tertiary/aromatic N) is 4. The van der Waals surface area contributed by atoms with Crippen molar-refractivity contribution in [1.29, 1.82) is 0 Å². The van der Waals surface area contributed by atoms with Gasteiger partial charge in [0, 0.05) is 18.9 Å². The Kier molecular flexibility index (Phi) is 5.88. The van der Waals surface area contributed by atoms with Crippen LogP contribution in [0.1, 0.15) is 19.5 Å². The van der Waals surface area contributed by atoms with E-state index in [4.69, 9.17) is 14.8 Å². The molecule has 0 spiro atoms. The highest BCUT2D eigenvalue weighted by Crippen LogP contribution is 2.50. The normalized spacial score (nSPS) is 11.8. The second-order valence-corrected chi connectivity index (χ2v) is 8.13. The zero-order valence-corrected chi connectivity index (χ0v) is 16.8. The number of aromatic nitrogens is 4. The molecule has 28 heavy (non-hydrogen) atoms. The van der Waals surface area contributed by atoms with Crippen LogP contribution in [0.2, 0.25) is 0 Å². The molecule has 0 bridgehead atoms. The van der Waals surface area contributed by atoms with Gasteiger partial charge in [-0.2, -0.15) is 0 Å². The Morgan fingerprint density at radius 2 is 1.86 bits per heavy atom. The van der Waals surface area contributed by atoms with E-state index in [0.717, 1.165) is 0 Å². The van der Waals surface area contributed by atoms with Crippen molar-refractivity contribution in [3.8, 4) is 11.5 Å². The number of nitrogen functional groups attached to an aromatic ring is 1. The highest BCUT2D eigenvalue weighted by atomic mass is 31.2. The van der Waals surface area contributed by atoms with E-state index in [2.05, 4.69) is 15.0 Å². The van der Waals surface area contributed by atoms with Crippen molar-refractivity contribution in [2.45, 2.75) is 20.0 Å². The first-order chi connectivity index (χ1) is 13.4. The summed E-state index contributed by atoms with van der Waals surface area (Å²) in [4.78, 5) is 25.8. The molecule has 3 aromatic rings. The van der Waals surface area contributed by atoms with Crippen molar-refractivity contribution in [3.05, 3.63) is 46.6 Å². The van der Waals surface area contributed by atoms with Gasteiger partial charge in [-0.15, -0.1) is 0 Å². The van der Waals surface area contributed by atoms with Gasteiger partial charge in [0.25, 0.3) is 5.56 Å². The molecule has 0 aliphatic heterocycles. The topological polar surface area (TPSA) is 122 Å². The molecule has 0 amide bonds. The summed E-state index contributed by atoms with van der Waals surface area (Å²) in [5.74, 6) is 0.374. The van der Waals surface area contributed by atoms with Gasteiger partial charge in [0.1, 0.15) is 5.69 Å². The van der Waals surface area contributed by atoms with Crippen LogP contribution >= 0.6 is 7.60 Å². The molecular formula is C18H22N5O4P. The van der Waals surface area contributed by atoms with Crippen LogP contribution < -0.4 is 11.3 Å². The third kappa shape index (κ3) is 4.11. The van der Waals surface area contributed by atoms with E-state index in [1.165, 1.54) is 17.0 Å². The van der Waals surface area contributed by atoms with Crippen LogP contribution in [0.4, 0.5) is 5.69 Å². The summed E-state index contributed by atoms with van der Waals surface area (Å²) in [6, 6.07) is 4.98. The molecule has 0 radical (unpaired) electrons. The predicted molar refractivity (Wildman–Crippen MR) is 107 cm³/mol. The Morgan fingerprint density at radius 1 is 1.14 bits per heavy atom. The smallest absolute Gasteiger partial charge is 0.336 e. The van der Waals surface area contributed by atoms with Gasteiger partial charge in [-0.1, -0.05) is 0 Å². The minimum atomic E-state index is -3.27. The van der Waals surface area contributed by atoms with Crippen LogP contribution in [0.3, 0.4) is 0 Å². The summed E-state index contributed by atoms with van der Waals surface area (Å²) in [6.07, 6.45) is 2.99. The Balaban J connectivity index is 1.96. The molecule has 2 N–H and O–H groups in total. The number of fused-ring (bicyclic) bond motifs is 1. The molecule has 1 aromatic carbocycles. The third-order valence-electron chi connectivity index (χ3n) is 4.04. The summed E-state index contributed by atoms with van der Waals surface area (Å²) in [6.45, 7) is 4.05. The number of benzene rings is 1. The average Bonchev–Trinajstić information content (AvgIpc) is 2.66. The number of hydrogen-bond acceptors (Lipinski definition) is 8. The first-order valence-electron chi connectivity index (χ1n) is 8.82. The van der Waals surface area contributed by atoms with Crippen molar-refractivity contribution < 1.29 is 13.6 Å². The molecular weight excluding hydrogens is 381 g/mol. The SMILES string of the molecule is CCOP(=O)(Cc1cnc(-c2nc3ccc(N)cc3c(=O)n2C)cn1)OCC. The first kappa shape index (κ1) is 20.1. The number of rotatable bonds is 7. The summed E-state index contributed by atoms with van der Waals surface area (Å²) < 4.78 is 24.6. The zero-order valence-electron chi connectivity index (χ0n) is 16.0. The minimum Gasteiger partial charge on any atom is -0.399 e. The van der Waals surface area contributed by atoms with Crippen molar-refractivity contribution >= 4 is 24.2 Å². The Morgan fingerprint density at radius 3 is 2.46 bits per heavy atom. The van der Waals surface area contributed by atoms with Crippen molar-refractivity contribution in [3.63, 3.8) is 0 Å². The molecule has 9 nitrogen and oxygen atoms in total. The number of hydrogen-bond donors (Lipinski definition) is 1. The van der Waals surface area contributed by atoms with E-state index < -0.39 is 7.60 Å². The number of anilines is 1. The van der Waals surface area contributed by atoms with E-state index in [0.29, 0.717) is 33.8 Å². The third-order valence-corrected chi connectivity index (χ3v) is 6.06. The Bertz CT molecular complexity index is 1090. The monoisotopic (exact) mass is 403 g/mol. The van der Waals surface area contributed by atoms with Crippen LogP contribution in [0.25, 0.3) is 22.4 Å².